The average molecular weight is 616 g/mol. The molecule has 2 aromatic rings. The molecule has 1 aromatic carbocycles. The van der Waals surface area contributed by atoms with Crippen LogP contribution >= 0.6 is 23.1 Å². The fourth-order valence-corrected chi connectivity index (χ4v) is 7.75. The van der Waals surface area contributed by atoms with E-state index in [1.54, 1.807) is 23.1 Å². The summed E-state index contributed by atoms with van der Waals surface area (Å²) in [4.78, 5) is 36.7. The molecule has 1 aliphatic carbocycles. The van der Waals surface area contributed by atoms with E-state index >= 15 is 0 Å². The molecule has 2 aliphatic heterocycles. The van der Waals surface area contributed by atoms with E-state index in [1.165, 1.54) is 0 Å². The Morgan fingerprint density at radius 2 is 1.83 bits per heavy atom. The van der Waals surface area contributed by atoms with E-state index in [0.29, 0.717) is 30.9 Å². The van der Waals surface area contributed by atoms with Crippen molar-refractivity contribution >= 4 is 40.0 Å². The third-order valence-corrected chi connectivity index (χ3v) is 10.5. The lowest BCUT2D eigenvalue weighted by molar-refractivity contribution is -0.129. The van der Waals surface area contributed by atoms with Crippen molar-refractivity contribution in [2.45, 2.75) is 69.0 Å². The zero-order chi connectivity index (χ0) is 29.4. The SMILES string of the molecule is CSCC[C@@H](CO)NC(=O)C1(NC(=O)c2ccc(-c3csc(N4CCC(N5CCOCC5)CC4)n3)cc2)CCCCC1. The van der Waals surface area contributed by atoms with Crippen molar-refractivity contribution in [3.8, 4) is 11.3 Å². The topological polar surface area (TPSA) is 107 Å². The first-order chi connectivity index (χ1) is 20.5. The minimum Gasteiger partial charge on any atom is -0.394 e. The Bertz CT molecular complexity index is 1160. The lowest BCUT2D eigenvalue weighted by Gasteiger charge is -2.40. The van der Waals surface area contributed by atoms with Crippen molar-refractivity contribution < 1.29 is 19.4 Å². The summed E-state index contributed by atoms with van der Waals surface area (Å²) in [5.74, 6) is 0.423. The monoisotopic (exact) mass is 615 g/mol. The number of benzene rings is 1. The number of ether oxygens (including phenoxy) is 1. The standard InChI is InChI=1S/C31H45N5O4S2/c1-41-20-11-25(21-37)32-29(39)31(12-3-2-4-13-31)34-28(38)24-7-5-23(6-8-24)27-22-42-30(33-27)36-14-9-26(10-15-36)35-16-18-40-19-17-35/h5-8,22,25-26,37H,2-4,9-21H2,1H3,(H,32,39)(H,34,38)/t25-/m0/s1. The van der Waals surface area contributed by atoms with Crippen molar-refractivity contribution in [1.82, 2.24) is 20.5 Å². The second kappa shape index (κ2) is 15.0. The van der Waals surface area contributed by atoms with E-state index in [0.717, 1.165) is 93.6 Å². The molecule has 0 bridgehead atoms. The number of hydrogen-bond donors (Lipinski definition) is 3. The molecule has 3 aliphatic rings. The number of piperidine rings is 1. The largest absolute Gasteiger partial charge is 0.394 e. The Balaban J connectivity index is 1.19. The number of anilines is 1. The van der Waals surface area contributed by atoms with E-state index in [-0.39, 0.29) is 24.5 Å². The third-order valence-electron chi connectivity index (χ3n) is 8.95. The molecule has 11 heteroatoms. The number of nitrogens with zero attached hydrogens (tertiary/aromatic N) is 3. The zero-order valence-electron chi connectivity index (χ0n) is 24.7. The van der Waals surface area contributed by atoms with E-state index in [2.05, 4.69) is 25.8 Å². The summed E-state index contributed by atoms with van der Waals surface area (Å²) in [5.41, 5.74) is 1.47. The number of carbonyl (C=O) groups is 2. The average Bonchev–Trinajstić information content (AvgIpc) is 3.54. The van der Waals surface area contributed by atoms with Gasteiger partial charge in [0.1, 0.15) is 5.54 Å². The molecule has 0 radical (unpaired) electrons. The molecule has 2 amide bonds. The molecular formula is C31H45N5O4S2. The Morgan fingerprint density at radius 1 is 1.12 bits per heavy atom. The van der Waals surface area contributed by atoms with Gasteiger partial charge in [-0.15, -0.1) is 11.3 Å². The Hall–Kier alpha value is -2.18. The maximum atomic E-state index is 13.4. The number of carbonyl (C=O) groups excluding carboxylic acids is 2. The zero-order valence-corrected chi connectivity index (χ0v) is 26.3. The Morgan fingerprint density at radius 3 is 2.50 bits per heavy atom. The number of nitrogens with one attached hydrogen (secondary N) is 2. The van der Waals surface area contributed by atoms with Gasteiger partial charge in [-0.3, -0.25) is 14.5 Å². The van der Waals surface area contributed by atoms with Gasteiger partial charge in [0.15, 0.2) is 5.13 Å². The van der Waals surface area contributed by atoms with Crippen LogP contribution in [0.1, 0.15) is 61.7 Å². The molecule has 9 nitrogen and oxygen atoms in total. The molecule has 230 valence electrons. The number of thiazole rings is 1. The number of rotatable bonds is 11. The van der Waals surface area contributed by atoms with Gasteiger partial charge in [-0.1, -0.05) is 31.4 Å². The van der Waals surface area contributed by atoms with E-state index in [1.807, 2.05) is 30.5 Å². The molecular weight excluding hydrogens is 571 g/mol. The summed E-state index contributed by atoms with van der Waals surface area (Å²) in [6.07, 6.45) is 9.04. The number of thioether (sulfide) groups is 1. The fraction of sp³-hybridized carbons (Fsp3) is 0.645. The van der Waals surface area contributed by atoms with Crippen LogP contribution in [-0.4, -0.2) is 102 Å². The highest BCUT2D eigenvalue weighted by Crippen LogP contribution is 2.32. The maximum absolute atomic E-state index is 13.4. The van der Waals surface area contributed by atoms with Crippen LogP contribution in [0.4, 0.5) is 5.13 Å². The molecule has 0 unspecified atom stereocenters. The van der Waals surface area contributed by atoms with Gasteiger partial charge in [0.05, 0.1) is 31.6 Å². The quantitative estimate of drug-likeness (QED) is 0.351. The van der Waals surface area contributed by atoms with Gasteiger partial charge >= 0.3 is 0 Å². The van der Waals surface area contributed by atoms with Gasteiger partial charge < -0.3 is 25.4 Å². The summed E-state index contributed by atoms with van der Waals surface area (Å²) in [7, 11) is 0. The van der Waals surface area contributed by atoms with Gasteiger partial charge in [0.2, 0.25) is 5.91 Å². The molecule has 1 aromatic heterocycles. The van der Waals surface area contributed by atoms with Gasteiger partial charge in [0.25, 0.3) is 5.91 Å². The van der Waals surface area contributed by atoms with Gasteiger partial charge in [-0.2, -0.15) is 11.8 Å². The van der Waals surface area contributed by atoms with Crippen LogP contribution in [0.15, 0.2) is 29.6 Å². The molecule has 3 heterocycles. The van der Waals surface area contributed by atoms with E-state index in [4.69, 9.17) is 9.72 Å². The highest BCUT2D eigenvalue weighted by Gasteiger charge is 2.41. The van der Waals surface area contributed by atoms with Crippen molar-refractivity contribution in [3.05, 3.63) is 35.2 Å². The van der Waals surface area contributed by atoms with Gasteiger partial charge in [-0.05, 0) is 56.2 Å². The molecule has 42 heavy (non-hydrogen) atoms. The Kier molecular flexibility index (Phi) is 11.2. The smallest absolute Gasteiger partial charge is 0.252 e. The Labute approximate surface area is 257 Å². The summed E-state index contributed by atoms with van der Waals surface area (Å²) >= 11 is 3.36. The number of morpholine rings is 1. The van der Waals surface area contributed by atoms with Crippen LogP contribution in [-0.2, 0) is 9.53 Å². The van der Waals surface area contributed by atoms with Crippen LogP contribution in [0.5, 0.6) is 0 Å². The number of aliphatic hydroxyl groups excluding tert-OH is 1. The normalized spacial score (nSPS) is 20.7. The lowest BCUT2D eigenvalue weighted by atomic mass is 9.80. The highest BCUT2D eigenvalue weighted by atomic mass is 32.2. The number of aliphatic hydroxyl groups is 1. The predicted molar refractivity (Wildman–Crippen MR) is 170 cm³/mol. The van der Waals surface area contributed by atoms with Crippen LogP contribution in [0.25, 0.3) is 11.3 Å². The van der Waals surface area contributed by atoms with Gasteiger partial charge in [0, 0.05) is 48.7 Å². The summed E-state index contributed by atoms with van der Waals surface area (Å²) in [6, 6.07) is 7.85. The first-order valence-electron chi connectivity index (χ1n) is 15.4. The van der Waals surface area contributed by atoms with Crippen molar-refractivity contribution in [3.63, 3.8) is 0 Å². The van der Waals surface area contributed by atoms with Gasteiger partial charge in [-0.25, -0.2) is 4.98 Å². The van der Waals surface area contributed by atoms with Crippen LogP contribution < -0.4 is 15.5 Å². The molecule has 3 N–H and O–H groups in total. The first kappa shape index (κ1) is 31.3. The molecule has 1 atom stereocenters. The van der Waals surface area contributed by atoms with Crippen molar-refractivity contribution in [2.75, 3.05) is 62.9 Å². The lowest BCUT2D eigenvalue weighted by Crippen LogP contribution is -2.61. The van der Waals surface area contributed by atoms with Crippen molar-refractivity contribution in [2.24, 2.45) is 0 Å². The fourth-order valence-electron chi connectivity index (χ4n) is 6.35. The minimum atomic E-state index is -0.945. The molecule has 1 saturated carbocycles. The van der Waals surface area contributed by atoms with Crippen LogP contribution in [0.2, 0.25) is 0 Å². The predicted octanol–water partition coefficient (Wildman–Crippen LogP) is 3.77. The number of amides is 2. The number of hydrogen-bond acceptors (Lipinski definition) is 9. The van der Waals surface area contributed by atoms with E-state index in [9.17, 15) is 14.7 Å². The minimum absolute atomic E-state index is 0.108. The van der Waals surface area contributed by atoms with Crippen molar-refractivity contribution in [1.29, 1.82) is 0 Å². The summed E-state index contributed by atoms with van der Waals surface area (Å²) in [6.45, 7) is 5.68. The second-order valence-electron chi connectivity index (χ2n) is 11.7. The molecule has 3 fully saturated rings. The van der Waals surface area contributed by atoms with Crippen LogP contribution in [0, 0.1) is 0 Å². The van der Waals surface area contributed by atoms with E-state index < -0.39 is 5.54 Å². The maximum Gasteiger partial charge on any atom is 0.252 e. The number of aromatic nitrogens is 1. The highest BCUT2D eigenvalue weighted by molar-refractivity contribution is 7.98. The second-order valence-corrected chi connectivity index (χ2v) is 13.5. The summed E-state index contributed by atoms with van der Waals surface area (Å²) < 4.78 is 5.51. The first-order valence-corrected chi connectivity index (χ1v) is 17.6. The molecule has 0 spiro atoms. The molecule has 2 saturated heterocycles. The summed E-state index contributed by atoms with van der Waals surface area (Å²) in [5, 5.41) is 19.0. The molecule has 5 rings (SSSR count). The third kappa shape index (κ3) is 7.66. The van der Waals surface area contributed by atoms with Crippen LogP contribution in [0.3, 0.4) is 0 Å².